The maximum absolute atomic E-state index is 13.4. The van der Waals surface area contributed by atoms with Gasteiger partial charge in [-0.3, -0.25) is 4.79 Å². The number of thiazole rings is 1. The van der Waals surface area contributed by atoms with Crippen molar-refractivity contribution in [3.8, 4) is 0 Å². The fraction of sp³-hybridized carbons (Fsp3) is 0.211. The lowest BCUT2D eigenvalue weighted by Gasteiger charge is -2.14. The maximum atomic E-state index is 13.4. The zero-order valence-corrected chi connectivity index (χ0v) is 16.8. The molecule has 0 aliphatic rings. The van der Waals surface area contributed by atoms with Crippen molar-refractivity contribution < 1.29 is 32.3 Å². The number of amides is 1. The zero-order chi connectivity index (χ0) is 22.2. The van der Waals surface area contributed by atoms with E-state index in [1.54, 1.807) is 6.92 Å². The number of benzene rings is 2. The fourth-order valence-corrected chi connectivity index (χ4v) is 4.29. The third-order valence-corrected chi connectivity index (χ3v) is 5.70. The Labute approximate surface area is 175 Å². The van der Waals surface area contributed by atoms with Crippen LogP contribution in [0.2, 0.25) is 5.02 Å². The van der Waals surface area contributed by atoms with E-state index < -0.39 is 35.5 Å². The molecule has 2 aromatic carbocycles. The molecule has 0 radical (unpaired) electrons. The van der Waals surface area contributed by atoms with Crippen LogP contribution in [0.15, 0.2) is 41.4 Å². The second-order valence-corrected chi connectivity index (χ2v) is 7.60. The Hall–Kier alpha value is -2.72. The Morgan fingerprint density at radius 2 is 1.97 bits per heavy atom. The van der Waals surface area contributed by atoms with Gasteiger partial charge in [-0.05, 0) is 36.8 Å². The average molecular weight is 461 g/mol. The van der Waals surface area contributed by atoms with Crippen molar-refractivity contribution in [3.05, 3.63) is 63.2 Å². The van der Waals surface area contributed by atoms with E-state index in [2.05, 4.69) is 4.99 Å². The number of halogens is 5. The molecule has 0 saturated carbocycles. The molecule has 1 atom stereocenters. The summed E-state index contributed by atoms with van der Waals surface area (Å²) in [5.74, 6) is -2.93. The molecule has 11 heteroatoms. The summed E-state index contributed by atoms with van der Waals surface area (Å²) in [7, 11) is 0. The van der Waals surface area contributed by atoms with E-state index in [0.717, 1.165) is 34.9 Å². The summed E-state index contributed by atoms with van der Waals surface area (Å²) >= 11 is 6.22. The first kappa shape index (κ1) is 22.0. The van der Waals surface area contributed by atoms with Gasteiger partial charge >= 0.3 is 12.1 Å². The number of carbonyl (C=O) groups excluding carboxylic acids is 1. The minimum atomic E-state index is -4.68. The number of aliphatic carboxylic acids is 1. The maximum Gasteiger partial charge on any atom is 0.417 e. The largest absolute Gasteiger partial charge is 0.480 e. The van der Waals surface area contributed by atoms with E-state index in [1.807, 2.05) is 0 Å². The third-order valence-electron chi connectivity index (χ3n) is 4.31. The molecule has 1 N–H and O–H groups in total. The van der Waals surface area contributed by atoms with Crippen LogP contribution >= 0.6 is 22.9 Å². The van der Waals surface area contributed by atoms with Gasteiger partial charge in [0.1, 0.15) is 11.9 Å². The second-order valence-electron chi connectivity index (χ2n) is 6.21. The number of carboxylic acids is 1. The third kappa shape index (κ3) is 4.10. The fourth-order valence-electron chi connectivity index (χ4n) is 2.91. The van der Waals surface area contributed by atoms with Gasteiger partial charge in [-0.1, -0.05) is 35.9 Å². The van der Waals surface area contributed by atoms with E-state index in [0.29, 0.717) is 11.3 Å². The molecule has 30 heavy (non-hydrogen) atoms. The molecule has 0 saturated heterocycles. The summed E-state index contributed by atoms with van der Waals surface area (Å²) in [5.41, 5.74) is -1.06. The molecule has 3 aromatic rings. The molecule has 158 valence electrons. The van der Waals surface area contributed by atoms with Gasteiger partial charge in [0.05, 0.1) is 20.8 Å². The molecule has 5 nitrogen and oxygen atoms in total. The highest BCUT2D eigenvalue weighted by molar-refractivity contribution is 7.16. The summed E-state index contributed by atoms with van der Waals surface area (Å²) in [6.45, 7) is 1.55. The van der Waals surface area contributed by atoms with Crippen molar-refractivity contribution in [1.82, 2.24) is 4.57 Å². The molecular weight excluding hydrogens is 448 g/mol. The Bertz CT molecular complexity index is 1220. The zero-order valence-electron chi connectivity index (χ0n) is 15.2. The van der Waals surface area contributed by atoms with Gasteiger partial charge in [-0.15, -0.1) is 0 Å². The number of hydrogen-bond donors (Lipinski definition) is 1. The van der Waals surface area contributed by atoms with Crippen LogP contribution in [0.5, 0.6) is 0 Å². The number of fused-ring (bicyclic) bond motifs is 1. The standard InChI is InChI=1S/C19H13ClF4N2O3S/c1-2-13(17(28)29)26-14-5-3-4-10(19(22,23)24)15(14)30-18(26)25-16(27)9-6-7-12(21)11(20)8-9/h3-8,13H,2H2,1H3,(H,28,29)/b25-18-. The van der Waals surface area contributed by atoms with Gasteiger partial charge in [0.15, 0.2) is 4.80 Å². The van der Waals surface area contributed by atoms with Crippen molar-refractivity contribution in [1.29, 1.82) is 0 Å². The van der Waals surface area contributed by atoms with Crippen LogP contribution in [0, 0.1) is 5.82 Å². The Kier molecular flexibility index (Phi) is 6.00. The van der Waals surface area contributed by atoms with Crippen molar-refractivity contribution in [3.63, 3.8) is 0 Å². The molecule has 1 unspecified atom stereocenters. The van der Waals surface area contributed by atoms with Crippen LogP contribution in [0.3, 0.4) is 0 Å². The van der Waals surface area contributed by atoms with Crippen molar-refractivity contribution >= 4 is 45.0 Å². The summed E-state index contributed by atoms with van der Waals surface area (Å²) in [6.07, 6.45) is -4.64. The highest BCUT2D eigenvalue weighted by Gasteiger charge is 2.34. The van der Waals surface area contributed by atoms with Crippen molar-refractivity contribution in [2.45, 2.75) is 25.6 Å². The number of hydrogen-bond acceptors (Lipinski definition) is 3. The lowest BCUT2D eigenvalue weighted by atomic mass is 10.1. The summed E-state index contributed by atoms with van der Waals surface area (Å²) in [5, 5.41) is 9.23. The van der Waals surface area contributed by atoms with Gasteiger partial charge in [-0.25, -0.2) is 9.18 Å². The molecule has 3 rings (SSSR count). The highest BCUT2D eigenvalue weighted by Crippen LogP contribution is 2.37. The second kappa shape index (κ2) is 8.19. The van der Waals surface area contributed by atoms with Crippen LogP contribution in [0.25, 0.3) is 10.2 Å². The van der Waals surface area contributed by atoms with E-state index in [-0.39, 0.29) is 32.0 Å². The predicted molar refractivity (Wildman–Crippen MR) is 103 cm³/mol. The summed E-state index contributed by atoms with van der Waals surface area (Å²) < 4.78 is 54.5. The molecule has 1 amide bonds. The molecular formula is C19H13ClF4N2O3S. The number of rotatable bonds is 4. The van der Waals surface area contributed by atoms with E-state index in [9.17, 15) is 32.3 Å². The number of nitrogens with zero attached hydrogens (tertiary/aromatic N) is 2. The first-order valence-electron chi connectivity index (χ1n) is 8.52. The predicted octanol–water partition coefficient (Wildman–Crippen LogP) is 5.29. The minimum absolute atomic E-state index is 0.00670. The minimum Gasteiger partial charge on any atom is -0.480 e. The molecule has 0 spiro atoms. The van der Waals surface area contributed by atoms with Gasteiger partial charge in [0, 0.05) is 5.56 Å². The van der Waals surface area contributed by atoms with Gasteiger partial charge < -0.3 is 9.67 Å². The van der Waals surface area contributed by atoms with Gasteiger partial charge in [0.2, 0.25) is 0 Å². The van der Waals surface area contributed by atoms with Gasteiger partial charge in [0.25, 0.3) is 5.91 Å². The molecule has 0 bridgehead atoms. The molecule has 1 heterocycles. The quantitative estimate of drug-likeness (QED) is 0.538. The normalized spacial score (nSPS) is 13.6. The number of carbonyl (C=O) groups is 2. The number of carboxylic acid groups (broad SMARTS) is 1. The molecule has 1 aromatic heterocycles. The monoisotopic (exact) mass is 460 g/mol. The van der Waals surface area contributed by atoms with Crippen LogP contribution in [-0.4, -0.2) is 21.6 Å². The van der Waals surface area contributed by atoms with Crippen molar-refractivity contribution in [2.75, 3.05) is 0 Å². The lowest BCUT2D eigenvalue weighted by Crippen LogP contribution is -2.27. The summed E-state index contributed by atoms with van der Waals surface area (Å²) in [4.78, 5) is 27.9. The van der Waals surface area contributed by atoms with E-state index >= 15 is 0 Å². The lowest BCUT2D eigenvalue weighted by molar-refractivity contribution is -0.141. The Morgan fingerprint density at radius 1 is 1.27 bits per heavy atom. The summed E-state index contributed by atoms with van der Waals surface area (Å²) in [6, 6.07) is 5.25. The number of alkyl halides is 3. The highest BCUT2D eigenvalue weighted by atomic mass is 35.5. The van der Waals surface area contributed by atoms with Gasteiger partial charge in [-0.2, -0.15) is 18.2 Å². The van der Waals surface area contributed by atoms with Crippen LogP contribution in [0.1, 0.15) is 35.3 Å². The van der Waals surface area contributed by atoms with E-state index in [4.69, 9.17) is 11.6 Å². The average Bonchev–Trinajstić information content (AvgIpc) is 3.01. The first-order valence-corrected chi connectivity index (χ1v) is 9.72. The topological polar surface area (TPSA) is 71.7 Å². The SMILES string of the molecule is CCC(C(=O)O)n1/c(=N/C(=O)c2ccc(F)c(Cl)c2)sc2c(C(F)(F)F)cccc21. The number of aromatic nitrogens is 1. The van der Waals surface area contributed by atoms with Crippen LogP contribution < -0.4 is 4.80 Å². The van der Waals surface area contributed by atoms with Crippen molar-refractivity contribution in [2.24, 2.45) is 4.99 Å². The first-order chi connectivity index (χ1) is 14.0. The molecule has 0 aliphatic carbocycles. The van der Waals surface area contributed by atoms with E-state index in [1.165, 1.54) is 6.07 Å². The molecule has 0 aliphatic heterocycles. The Balaban J connectivity index is 2.31. The Morgan fingerprint density at radius 3 is 2.53 bits per heavy atom. The smallest absolute Gasteiger partial charge is 0.417 e. The van der Waals surface area contributed by atoms with Crippen LogP contribution in [0.4, 0.5) is 17.6 Å². The van der Waals surface area contributed by atoms with Crippen LogP contribution in [-0.2, 0) is 11.0 Å². The molecule has 0 fully saturated rings.